The van der Waals surface area contributed by atoms with E-state index in [1.54, 1.807) is 23.6 Å². The van der Waals surface area contributed by atoms with Crippen molar-refractivity contribution in [1.82, 2.24) is 30.3 Å². The van der Waals surface area contributed by atoms with Crippen LogP contribution in [0.2, 0.25) is 0 Å². The average Bonchev–Trinajstić information content (AvgIpc) is 3.18. The standard InChI is InChI=1S/C23H23N7OS/c1-14-25-28-23(32-14)16-4-5-20-17(8-16)9-18(26-27-20)11-21(31)15-6-7-24-22(10-15)30-12-19(13-30)29(2)3/h4-10,19H,11-13H2,1-3H3. The topological polar surface area (TPSA) is 88.0 Å². The van der Waals surface area contributed by atoms with Gasteiger partial charge in [-0.15, -0.1) is 10.2 Å². The van der Waals surface area contributed by atoms with E-state index in [0.717, 1.165) is 45.4 Å². The van der Waals surface area contributed by atoms with Gasteiger partial charge < -0.3 is 9.80 Å². The summed E-state index contributed by atoms with van der Waals surface area (Å²) in [5.74, 6) is 0.846. The number of likely N-dealkylation sites (N-methyl/N-ethyl adjacent to an activating group) is 1. The Morgan fingerprint density at radius 3 is 2.69 bits per heavy atom. The molecule has 9 heteroatoms. The second-order valence-corrected chi connectivity index (χ2v) is 9.44. The number of aromatic nitrogens is 5. The number of anilines is 1. The molecule has 0 spiro atoms. The van der Waals surface area contributed by atoms with Gasteiger partial charge in [-0.1, -0.05) is 11.3 Å². The molecule has 162 valence electrons. The van der Waals surface area contributed by atoms with Gasteiger partial charge in [0.2, 0.25) is 0 Å². The first-order valence-corrected chi connectivity index (χ1v) is 11.3. The number of carbonyl (C=O) groups excluding carboxylic acids is 1. The fraction of sp³-hybridized carbons (Fsp3) is 0.304. The first-order valence-electron chi connectivity index (χ1n) is 10.4. The second-order valence-electron chi connectivity index (χ2n) is 8.26. The first kappa shape index (κ1) is 20.6. The van der Waals surface area contributed by atoms with E-state index in [2.05, 4.69) is 49.3 Å². The van der Waals surface area contributed by atoms with Crippen molar-refractivity contribution in [3.8, 4) is 10.6 Å². The molecule has 0 N–H and O–H groups in total. The fourth-order valence-electron chi connectivity index (χ4n) is 3.72. The number of Topliss-reactive ketones (excluding diaryl/α,β-unsaturated/α-hetero) is 1. The largest absolute Gasteiger partial charge is 0.353 e. The normalized spacial score (nSPS) is 14.2. The molecule has 0 aliphatic carbocycles. The van der Waals surface area contributed by atoms with Crippen molar-refractivity contribution in [2.45, 2.75) is 19.4 Å². The van der Waals surface area contributed by atoms with E-state index < -0.39 is 0 Å². The molecule has 4 heterocycles. The highest BCUT2D eigenvalue weighted by atomic mass is 32.1. The number of pyridine rings is 1. The lowest BCUT2D eigenvalue weighted by Gasteiger charge is -2.43. The minimum Gasteiger partial charge on any atom is -0.353 e. The van der Waals surface area contributed by atoms with Crippen LogP contribution in [0.3, 0.4) is 0 Å². The zero-order valence-corrected chi connectivity index (χ0v) is 19.0. The summed E-state index contributed by atoms with van der Waals surface area (Å²) in [6.45, 7) is 3.78. The summed E-state index contributed by atoms with van der Waals surface area (Å²) in [5, 5.41) is 19.6. The summed E-state index contributed by atoms with van der Waals surface area (Å²) in [6.07, 6.45) is 1.89. The Hall–Kier alpha value is -3.30. The lowest BCUT2D eigenvalue weighted by atomic mass is 10.0. The maximum atomic E-state index is 13.0. The lowest BCUT2D eigenvalue weighted by molar-refractivity contribution is 0.0991. The van der Waals surface area contributed by atoms with Gasteiger partial charge in [0.15, 0.2) is 5.78 Å². The zero-order chi connectivity index (χ0) is 22.2. The van der Waals surface area contributed by atoms with E-state index in [1.165, 1.54) is 0 Å². The molecule has 0 amide bonds. The number of carbonyl (C=O) groups is 1. The number of rotatable bonds is 6. The Bertz CT molecular complexity index is 1300. The third-order valence-corrected chi connectivity index (χ3v) is 6.62. The van der Waals surface area contributed by atoms with Gasteiger partial charge in [0, 0.05) is 41.8 Å². The highest BCUT2D eigenvalue weighted by Crippen LogP contribution is 2.26. The average molecular weight is 446 g/mol. The second kappa shape index (κ2) is 8.33. The van der Waals surface area contributed by atoms with Gasteiger partial charge >= 0.3 is 0 Å². The minimum atomic E-state index is 0.00267. The molecule has 1 aliphatic rings. The quantitative estimate of drug-likeness (QED) is 0.419. The summed E-state index contributed by atoms with van der Waals surface area (Å²) in [7, 11) is 4.16. The van der Waals surface area contributed by atoms with Crippen molar-refractivity contribution in [2.24, 2.45) is 0 Å². The van der Waals surface area contributed by atoms with E-state index in [-0.39, 0.29) is 12.2 Å². The van der Waals surface area contributed by atoms with Crippen LogP contribution in [0.25, 0.3) is 21.5 Å². The number of fused-ring (bicyclic) bond motifs is 1. The van der Waals surface area contributed by atoms with Gasteiger partial charge in [-0.3, -0.25) is 4.79 Å². The Morgan fingerprint density at radius 2 is 1.94 bits per heavy atom. The van der Waals surface area contributed by atoms with Crippen LogP contribution >= 0.6 is 11.3 Å². The van der Waals surface area contributed by atoms with Crippen molar-refractivity contribution in [3.63, 3.8) is 0 Å². The third kappa shape index (κ3) is 4.09. The minimum absolute atomic E-state index is 0.00267. The highest BCUT2D eigenvalue weighted by molar-refractivity contribution is 7.14. The molecular formula is C23H23N7OS. The van der Waals surface area contributed by atoms with Gasteiger partial charge in [-0.05, 0) is 57.4 Å². The van der Waals surface area contributed by atoms with Crippen molar-refractivity contribution in [2.75, 3.05) is 32.1 Å². The van der Waals surface area contributed by atoms with E-state index >= 15 is 0 Å². The Labute approximate surface area is 189 Å². The molecule has 0 radical (unpaired) electrons. The molecule has 0 unspecified atom stereocenters. The number of hydrogen-bond acceptors (Lipinski definition) is 9. The molecule has 4 aromatic rings. The van der Waals surface area contributed by atoms with E-state index in [0.29, 0.717) is 17.3 Å². The number of ketones is 1. The maximum Gasteiger partial charge on any atom is 0.169 e. The Kier molecular flexibility index (Phi) is 5.36. The Morgan fingerprint density at radius 1 is 1.09 bits per heavy atom. The van der Waals surface area contributed by atoms with Gasteiger partial charge in [-0.2, -0.15) is 10.2 Å². The van der Waals surface area contributed by atoms with Crippen LogP contribution in [0.1, 0.15) is 21.1 Å². The number of benzene rings is 1. The molecule has 3 aromatic heterocycles. The molecule has 5 rings (SSSR count). The molecule has 0 saturated carbocycles. The van der Waals surface area contributed by atoms with Crippen LogP contribution in [-0.4, -0.2) is 69.3 Å². The number of aryl methyl sites for hydroxylation is 1. The predicted molar refractivity (Wildman–Crippen MR) is 125 cm³/mol. The van der Waals surface area contributed by atoms with Gasteiger partial charge in [-0.25, -0.2) is 4.98 Å². The van der Waals surface area contributed by atoms with Crippen LogP contribution in [0.5, 0.6) is 0 Å². The number of nitrogens with zero attached hydrogens (tertiary/aromatic N) is 7. The van der Waals surface area contributed by atoms with E-state index in [4.69, 9.17) is 0 Å². The maximum absolute atomic E-state index is 13.0. The molecule has 0 bridgehead atoms. The highest BCUT2D eigenvalue weighted by Gasteiger charge is 2.29. The summed E-state index contributed by atoms with van der Waals surface area (Å²) in [5.41, 5.74) is 3.05. The summed E-state index contributed by atoms with van der Waals surface area (Å²) >= 11 is 1.55. The Balaban J connectivity index is 1.34. The smallest absolute Gasteiger partial charge is 0.169 e. The van der Waals surface area contributed by atoms with Crippen molar-refractivity contribution in [3.05, 3.63) is 58.9 Å². The third-order valence-electron chi connectivity index (χ3n) is 5.73. The van der Waals surface area contributed by atoms with Crippen molar-refractivity contribution in [1.29, 1.82) is 0 Å². The van der Waals surface area contributed by atoms with Gasteiger partial charge in [0.25, 0.3) is 0 Å². The van der Waals surface area contributed by atoms with Crippen LogP contribution in [0.15, 0.2) is 42.6 Å². The number of hydrogen-bond donors (Lipinski definition) is 0. The predicted octanol–water partition coefficient (Wildman–Crippen LogP) is 3.03. The van der Waals surface area contributed by atoms with Crippen molar-refractivity contribution >= 4 is 33.8 Å². The molecule has 32 heavy (non-hydrogen) atoms. The van der Waals surface area contributed by atoms with Crippen LogP contribution in [0, 0.1) is 6.92 Å². The molecule has 1 saturated heterocycles. The molecule has 0 atom stereocenters. The summed E-state index contributed by atoms with van der Waals surface area (Å²) in [4.78, 5) is 21.8. The fourth-order valence-corrected chi connectivity index (χ4v) is 4.41. The summed E-state index contributed by atoms with van der Waals surface area (Å²) in [6, 6.07) is 12.0. The molecular weight excluding hydrogens is 422 g/mol. The van der Waals surface area contributed by atoms with Gasteiger partial charge in [0.05, 0.1) is 17.6 Å². The van der Waals surface area contributed by atoms with Crippen LogP contribution in [-0.2, 0) is 6.42 Å². The monoisotopic (exact) mass is 445 g/mol. The van der Waals surface area contributed by atoms with Crippen LogP contribution in [0.4, 0.5) is 5.82 Å². The molecule has 8 nitrogen and oxygen atoms in total. The van der Waals surface area contributed by atoms with E-state index in [9.17, 15) is 4.79 Å². The van der Waals surface area contributed by atoms with E-state index in [1.807, 2.05) is 37.3 Å². The van der Waals surface area contributed by atoms with Gasteiger partial charge in [0.1, 0.15) is 15.8 Å². The lowest BCUT2D eigenvalue weighted by Crippen LogP contribution is -2.57. The molecule has 1 aliphatic heterocycles. The molecule has 1 fully saturated rings. The zero-order valence-electron chi connectivity index (χ0n) is 18.2. The first-order chi connectivity index (χ1) is 15.5. The molecule has 1 aromatic carbocycles. The summed E-state index contributed by atoms with van der Waals surface area (Å²) < 4.78 is 0. The van der Waals surface area contributed by atoms with Crippen LogP contribution < -0.4 is 4.90 Å². The van der Waals surface area contributed by atoms with Crippen molar-refractivity contribution < 1.29 is 4.79 Å². The SMILES string of the molecule is Cc1nnc(-c2ccc3nnc(CC(=O)c4ccnc(N5CC(N(C)C)C5)c4)cc3c2)s1.